The molecule has 1 aromatic rings. The Kier molecular flexibility index (Phi) is 8.14. The molecule has 2 amide bonds. The molecule has 0 bridgehead atoms. The van der Waals surface area contributed by atoms with Gasteiger partial charge in [0.1, 0.15) is 0 Å². The van der Waals surface area contributed by atoms with Crippen LogP contribution in [0, 0.1) is 0 Å². The molecule has 0 aliphatic carbocycles. The number of anilines is 1. The van der Waals surface area contributed by atoms with Crippen LogP contribution in [0.2, 0.25) is 0 Å². The smallest absolute Gasteiger partial charge is 0.337 e. The number of methoxy groups -OCH3 is 2. The van der Waals surface area contributed by atoms with E-state index in [1.54, 1.807) is 6.92 Å². The first kappa shape index (κ1) is 22.4. The van der Waals surface area contributed by atoms with E-state index in [1.807, 2.05) is 4.90 Å². The molecule has 9 heteroatoms. The number of hydrogen-bond acceptors (Lipinski definition) is 7. The van der Waals surface area contributed by atoms with E-state index in [0.29, 0.717) is 18.7 Å². The minimum atomic E-state index is -0.628. The molecular weight excluding hydrogens is 378 g/mol. The number of carbonyl (C=O) groups excluding carboxylic acids is 4. The first-order chi connectivity index (χ1) is 13.9. The summed E-state index contributed by atoms with van der Waals surface area (Å²) in [6, 6.07) is 4.25. The fraction of sp³-hybridized carbons (Fsp3) is 0.500. The van der Waals surface area contributed by atoms with Crippen molar-refractivity contribution < 1.29 is 28.7 Å². The first-order valence-electron chi connectivity index (χ1n) is 9.49. The molecule has 0 spiro atoms. The molecule has 9 nitrogen and oxygen atoms in total. The molecule has 0 aromatic heterocycles. The summed E-state index contributed by atoms with van der Waals surface area (Å²) in [7, 11) is 2.46. The van der Waals surface area contributed by atoms with Crippen molar-refractivity contribution in [2.24, 2.45) is 0 Å². The summed E-state index contributed by atoms with van der Waals surface area (Å²) in [5, 5.41) is 5.67. The molecule has 0 saturated carbocycles. The molecule has 2 rings (SSSR count). The maximum absolute atomic E-state index is 12.5. The molecule has 1 heterocycles. The van der Waals surface area contributed by atoms with Gasteiger partial charge >= 0.3 is 11.9 Å². The maximum atomic E-state index is 12.5. The van der Waals surface area contributed by atoms with Crippen molar-refractivity contribution in [1.29, 1.82) is 0 Å². The molecule has 1 saturated heterocycles. The molecule has 1 aromatic carbocycles. The second kappa shape index (κ2) is 10.6. The average Bonchev–Trinajstić information content (AvgIpc) is 2.72. The van der Waals surface area contributed by atoms with Gasteiger partial charge in [-0.15, -0.1) is 0 Å². The zero-order chi connectivity index (χ0) is 21.4. The van der Waals surface area contributed by atoms with E-state index in [9.17, 15) is 19.2 Å². The van der Waals surface area contributed by atoms with Gasteiger partial charge in [0, 0.05) is 24.7 Å². The number of esters is 2. The Morgan fingerprint density at radius 3 is 2.21 bits per heavy atom. The molecule has 1 aliphatic rings. The van der Waals surface area contributed by atoms with Crippen molar-refractivity contribution in [3.8, 4) is 0 Å². The van der Waals surface area contributed by atoms with Crippen molar-refractivity contribution in [3.05, 3.63) is 29.3 Å². The Balaban J connectivity index is 2.04. The standard InChI is InChI=1S/C20H27N3O6/c1-4-17(24)21-15-6-5-7-23(11-15)12-18(25)22-16-9-13(19(26)28-2)8-14(10-16)20(27)29-3/h8-10,15H,4-7,11-12H2,1-3H3,(H,21,24)(H,22,25). The second-order valence-corrected chi connectivity index (χ2v) is 6.83. The van der Waals surface area contributed by atoms with Crippen LogP contribution in [-0.2, 0) is 19.1 Å². The lowest BCUT2D eigenvalue weighted by atomic mass is 10.1. The molecule has 1 fully saturated rings. The van der Waals surface area contributed by atoms with Crippen LogP contribution in [0.3, 0.4) is 0 Å². The van der Waals surface area contributed by atoms with Gasteiger partial charge in [0.25, 0.3) is 0 Å². The fourth-order valence-corrected chi connectivity index (χ4v) is 3.22. The summed E-state index contributed by atoms with van der Waals surface area (Å²) >= 11 is 0. The van der Waals surface area contributed by atoms with E-state index in [-0.39, 0.29) is 35.5 Å². The van der Waals surface area contributed by atoms with Gasteiger partial charge in [-0.2, -0.15) is 0 Å². The van der Waals surface area contributed by atoms with Gasteiger partial charge in [-0.25, -0.2) is 9.59 Å². The van der Waals surface area contributed by atoms with Crippen LogP contribution in [0.15, 0.2) is 18.2 Å². The molecule has 1 unspecified atom stereocenters. The quantitative estimate of drug-likeness (QED) is 0.655. The predicted molar refractivity (Wildman–Crippen MR) is 106 cm³/mol. The van der Waals surface area contributed by atoms with Crippen LogP contribution < -0.4 is 10.6 Å². The molecule has 29 heavy (non-hydrogen) atoms. The highest BCUT2D eigenvalue weighted by Crippen LogP contribution is 2.18. The highest BCUT2D eigenvalue weighted by molar-refractivity contribution is 5.99. The van der Waals surface area contributed by atoms with Crippen LogP contribution in [0.25, 0.3) is 0 Å². The van der Waals surface area contributed by atoms with Crippen molar-refractivity contribution in [2.45, 2.75) is 32.2 Å². The van der Waals surface area contributed by atoms with Gasteiger partial charge in [-0.3, -0.25) is 14.5 Å². The maximum Gasteiger partial charge on any atom is 0.337 e. The average molecular weight is 405 g/mol. The van der Waals surface area contributed by atoms with E-state index in [1.165, 1.54) is 32.4 Å². The topological polar surface area (TPSA) is 114 Å². The summed E-state index contributed by atoms with van der Waals surface area (Å²) < 4.78 is 9.38. The van der Waals surface area contributed by atoms with Crippen molar-refractivity contribution in [3.63, 3.8) is 0 Å². The zero-order valence-corrected chi connectivity index (χ0v) is 16.9. The third-order valence-electron chi connectivity index (χ3n) is 4.62. The summed E-state index contributed by atoms with van der Waals surface area (Å²) in [4.78, 5) is 49.7. The third-order valence-corrected chi connectivity index (χ3v) is 4.62. The molecule has 0 radical (unpaired) electrons. The van der Waals surface area contributed by atoms with Crippen LogP contribution in [0.4, 0.5) is 5.69 Å². The van der Waals surface area contributed by atoms with Crippen molar-refractivity contribution in [2.75, 3.05) is 39.2 Å². The minimum absolute atomic E-state index is 0.00346. The highest BCUT2D eigenvalue weighted by Gasteiger charge is 2.23. The SMILES string of the molecule is CCC(=O)NC1CCCN(CC(=O)Nc2cc(C(=O)OC)cc(C(=O)OC)c2)C1. The second-order valence-electron chi connectivity index (χ2n) is 6.83. The number of amides is 2. The Morgan fingerprint density at radius 1 is 1.03 bits per heavy atom. The number of benzene rings is 1. The monoisotopic (exact) mass is 405 g/mol. The van der Waals surface area contributed by atoms with Crippen LogP contribution in [0.5, 0.6) is 0 Å². The Labute approximate surface area is 169 Å². The Morgan fingerprint density at radius 2 is 1.66 bits per heavy atom. The van der Waals surface area contributed by atoms with Gasteiger partial charge in [-0.1, -0.05) is 6.92 Å². The number of rotatable bonds is 7. The van der Waals surface area contributed by atoms with E-state index in [4.69, 9.17) is 9.47 Å². The number of hydrogen-bond donors (Lipinski definition) is 2. The lowest BCUT2D eigenvalue weighted by Gasteiger charge is -2.32. The van der Waals surface area contributed by atoms with Gasteiger partial charge in [0.2, 0.25) is 11.8 Å². The van der Waals surface area contributed by atoms with Gasteiger partial charge in [0.15, 0.2) is 0 Å². The van der Waals surface area contributed by atoms with Crippen LogP contribution >= 0.6 is 0 Å². The largest absolute Gasteiger partial charge is 0.465 e. The third kappa shape index (κ3) is 6.56. The summed E-state index contributed by atoms with van der Waals surface area (Å²) in [6.45, 7) is 3.28. The number of nitrogens with one attached hydrogen (secondary N) is 2. The van der Waals surface area contributed by atoms with Crippen molar-refractivity contribution >= 4 is 29.4 Å². The van der Waals surface area contributed by atoms with E-state index >= 15 is 0 Å². The zero-order valence-electron chi connectivity index (χ0n) is 16.9. The fourth-order valence-electron chi connectivity index (χ4n) is 3.22. The molecule has 1 aliphatic heterocycles. The number of carbonyl (C=O) groups is 4. The van der Waals surface area contributed by atoms with E-state index in [0.717, 1.165) is 19.4 Å². The minimum Gasteiger partial charge on any atom is -0.465 e. The first-order valence-corrected chi connectivity index (χ1v) is 9.49. The van der Waals surface area contributed by atoms with E-state index < -0.39 is 11.9 Å². The van der Waals surface area contributed by atoms with Gasteiger partial charge in [-0.05, 0) is 37.6 Å². The summed E-state index contributed by atoms with van der Waals surface area (Å²) in [6.07, 6.45) is 2.19. The van der Waals surface area contributed by atoms with Gasteiger partial charge in [0.05, 0.1) is 31.9 Å². The molecule has 1 atom stereocenters. The molecular formula is C20H27N3O6. The van der Waals surface area contributed by atoms with Crippen LogP contribution in [0.1, 0.15) is 46.9 Å². The number of ether oxygens (including phenoxy) is 2. The summed E-state index contributed by atoms with van der Waals surface area (Å²) in [5.74, 6) is -1.55. The van der Waals surface area contributed by atoms with Crippen molar-refractivity contribution in [1.82, 2.24) is 10.2 Å². The lowest BCUT2D eigenvalue weighted by molar-refractivity contribution is -0.121. The predicted octanol–water partition coefficient (Wildman–Crippen LogP) is 1.19. The summed E-state index contributed by atoms with van der Waals surface area (Å²) in [5.41, 5.74) is 0.558. The lowest BCUT2D eigenvalue weighted by Crippen LogP contribution is -2.49. The number of likely N-dealkylation sites (tertiary alicyclic amines) is 1. The molecule has 2 N–H and O–H groups in total. The number of piperidine rings is 1. The van der Waals surface area contributed by atoms with Gasteiger partial charge < -0.3 is 20.1 Å². The normalized spacial score (nSPS) is 16.6. The van der Waals surface area contributed by atoms with Crippen LogP contribution in [-0.4, -0.2) is 68.5 Å². The number of nitrogens with zero attached hydrogens (tertiary/aromatic N) is 1. The Hall–Kier alpha value is -2.94. The Bertz CT molecular complexity index is 745. The van der Waals surface area contributed by atoms with E-state index in [2.05, 4.69) is 10.6 Å². The molecule has 158 valence electrons. The highest BCUT2D eigenvalue weighted by atomic mass is 16.5.